The van der Waals surface area contributed by atoms with Gasteiger partial charge < -0.3 is 15.0 Å². The Morgan fingerprint density at radius 2 is 2.33 bits per heavy atom. The number of rotatable bonds is 3. The molecule has 1 aromatic rings. The van der Waals surface area contributed by atoms with Crippen LogP contribution < -0.4 is 10.2 Å². The molecule has 0 fully saturated rings. The highest BCUT2D eigenvalue weighted by atomic mass is 16.2. The summed E-state index contributed by atoms with van der Waals surface area (Å²) in [6, 6.07) is 5.71. The van der Waals surface area contributed by atoms with Crippen molar-refractivity contribution in [3.63, 3.8) is 0 Å². The third kappa shape index (κ3) is 1.58. The average molecular weight is 204 g/mol. The number of carbonyl (C=O) groups excluding carboxylic acids is 2. The Morgan fingerprint density at radius 3 is 3.00 bits per heavy atom. The lowest BCUT2D eigenvalue weighted by Crippen LogP contribution is -2.28. The minimum Gasteiger partial charge on any atom is -0.388 e. The molecule has 1 aliphatic rings. The normalized spacial score (nSPS) is 13.9. The average Bonchev–Trinajstić information content (AvgIpc) is 2.55. The molecule has 2 rings (SSSR count). The summed E-state index contributed by atoms with van der Waals surface area (Å²) in [5.74, 6) is -0.00893. The fraction of sp³-hybridized carbons (Fsp3) is 0.273. The number of fused-ring (bicyclic) bond motifs is 1. The molecule has 78 valence electrons. The Morgan fingerprint density at radius 1 is 1.53 bits per heavy atom. The summed E-state index contributed by atoms with van der Waals surface area (Å²) in [6.07, 6.45) is 1.14. The summed E-state index contributed by atoms with van der Waals surface area (Å²) < 4.78 is 0. The molecule has 1 aromatic carbocycles. The summed E-state index contributed by atoms with van der Waals surface area (Å²) in [5, 5.41) is 3.02. The van der Waals surface area contributed by atoms with Crippen LogP contribution in [0.3, 0.4) is 0 Å². The van der Waals surface area contributed by atoms with Gasteiger partial charge >= 0.3 is 0 Å². The Bertz CT molecular complexity index is 415. The fourth-order valence-corrected chi connectivity index (χ4v) is 1.81. The van der Waals surface area contributed by atoms with Crippen LogP contribution in [-0.2, 0) is 16.0 Å². The van der Waals surface area contributed by atoms with Crippen LogP contribution in [0.5, 0.6) is 0 Å². The van der Waals surface area contributed by atoms with Crippen molar-refractivity contribution in [2.24, 2.45) is 0 Å². The molecule has 0 bridgehead atoms. The van der Waals surface area contributed by atoms with E-state index in [4.69, 9.17) is 0 Å². The van der Waals surface area contributed by atoms with Gasteiger partial charge in [0.1, 0.15) is 6.29 Å². The second kappa shape index (κ2) is 3.73. The quantitative estimate of drug-likeness (QED) is 0.741. The molecule has 0 saturated heterocycles. The third-order valence-corrected chi connectivity index (χ3v) is 2.56. The fourth-order valence-electron chi connectivity index (χ4n) is 1.81. The lowest BCUT2D eigenvalue weighted by molar-refractivity contribution is -0.118. The number of carbonyl (C=O) groups is 2. The molecule has 15 heavy (non-hydrogen) atoms. The van der Waals surface area contributed by atoms with E-state index in [9.17, 15) is 9.59 Å². The van der Waals surface area contributed by atoms with Gasteiger partial charge in [-0.3, -0.25) is 4.79 Å². The van der Waals surface area contributed by atoms with Crippen molar-refractivity contribution in [2.45, 2.75) is 6.42 Å². The summed E-state index contributed by atoms with van der Waals surface area (Å²) >= 11 is 0. The molecule has 0 saturated carbocycles. The van der Waals surface area contributed by atoms with Gasteiger partial charge in [-0.05, 0) is 23.8 Å². The Labute approximate surface area is 87.9 Å². The van der Waals surface area contributed by atoms with E-state index in [-0.39, 0.29) is 12.5 Å². The van der Waals surface area contributed by atoms with Crippen molar-refractivity contribution in [1.29, 1.82) is 0 Å². The van der Waals surface area contributed by atoms with Crippen molar-refractivity contribution in [3.05, 3.63) is 23.8 Å². The topological polar surface area (TPSA) is 49.4 Å². The van der Waals surface area contributed by atoms with Gasteiger partial charge in [0, 0.05) is 18.4 Å². The molecule has 4 nitrogen and oxygen atoms in total. The molecule has 0 aromatic heterocycles. The number of amides is 1. The van der Waals surface area contributed by atoms with Crippen molar-refractivity contribution >= 4 is 23.6 Å². The first kappa shape index (κ1) is 9.71. The van der Waals surface area contributed by atoms with Gasteiger partial charge in [0.25, 0.3) is 0 Å². The zero-order valence-corrected chi connectivity index (χ0v) is 8.49. The standard InChI is InChI=1S/C11H12N2O2/c1-12-9-2-3-10-8(6-9)7-11(15)13(10)4-5-14/h2-3,5-6,12H,4,7H2,1H3. The van der Waals surface area contributed by atoms with Crippen molar-refractivity contribution in [2.75, 3.05) is 23.8 Å². The highest BCUT2D eigenvalue weighted by Gasteiger charge is 2.26. The molecular formula is C11H12N2O2. The molecule has 1 heterocycles. The number of aldehydes is 1. The predicted molar refractivity (Wildman–Crippen MR) is 58.1 cm³/mol. The molecule has 0 spiro atoms. The summed E-state index contributed by atoms with van der Waals surface area (Å²) in [5.41, 5.74) is 2.81. The smallest absolute Gasteiger partial charge is 0.231 e. The van der Waals surface area contributed by atoms with Gasteiger partial charge in [0.05, 0.1) is 13.0 Å². The number of nitrogens with zero attached hydrogens (tertiary/aromatic N) is 1. The van der Waals surface area contributed by atoms with Gasteiger partial charge in [-0.2, -0.15) is 0 Å². The number of hydrogen-bond donors (Lipinski definition) is 1. The minimum absolute atomic E-state index is 0.00893. The van der Waals surface area contributed by atoms with Crippen LogP contribution in [0.25, 0.3) is 0 Å². The van der Waals surface area contributed by atoms with Gasteiger partial charge in [-0.1, -0.05) is 0 Å². The summed E-state index contributed by atoms with van der Waals surface area (Å²) in [4.78, 5) is 23.5. The largest absolute Gasteiger partial charge is 0.388 e. The van der Waals surface area contributed by atoms with E-state index in [1.807, 2.05) is 25.2 Å². The Hall–Kier alpha value is -1.84. The van der Waals surface area contributed by atoms with Crippen LogP contribution in [0.4, 0.5) is 11.4 Å². The van der Waals surface area contributed by atoms with Gasteiger partial charge in [-0.15, -0.1) is 0 Å². The van der Waals surface area contributed by atoms with E-state index >= 15 is 0 Å². The summed E-state index contributed by atoms with van der Waals surface area (Å²) in [6.45, 7) is 0.144. The van der Waals surface area contributed by atoms with Crippen LogP contribution in [0.2, 0.25) is 0 Å². The summed E-state index contributed by atoms with van der Waals surface area (Å²) in [7, 11) is 1.84. The van der Waals surface area contributed by atoms with Crippen LogP contribution in [-0.4, -0.2) is 25.8 Å². The van der Waals surface area contributed by atoms with Crippen LogP contribution in [0.1, 0.15) is 5.56 Å². The van der Waals surface area contributed by atoms with Crippen LogP contribution in [0, 0.1) is 0 Å². The lowest BCUT2D eigenvalue weighted by Gasteiger charge is -2.13. The highest BCUT2D eigenvalue weighted by Crippen LogP contribution is 2.30. The zero-order chi connectivity index (χ0) is 10.8. The first-order valence-electron chi connectivity index (χ1n) is 4.81. The van der Waals surface area contributed by atoms with Gasteiger partial charge in [-0.25, -0.2) is 0 Å². The van der Waals surface area contributed by atoms with E-state index in [2.05, 4.69) is 5.32 Å². The molecule has 0 unspecified atom stereocenters. The highest BCUT2D eigenvalue weighted by molar-refractivity contribution is 6.03. The van der Waals surface area contributed by atoms with Crippen LogP contribution in [0.15, 0.2) is 18.2 Å². The Kier molecular flexibility index (Phi) is 2.41. The SMILES string of the molecule is CNc1ccc2c(c1)CC(=O)N2CC=O. The van der Waals surface area contributed by atoms with Crippen molar-refractivity contribution in [3.8, 4) is 0 Å². The molecular weight excluding hydrogens is 192 g/mol. The van der Waals surface area contributed by atoms with E-state index < -0.39 is 0 Å². The molecule has 1 aliphatic heterocycles. The van der Waals surface area contributed by atoms with Crippen molar-refractivity contribution in [1.82, 2.24) is 0 Å². The molecule has 0 radical (unpaired) electrons. The zero-order valence-electron chi connectivity index (χ0n) is 8.49. The van der Waals surface area contributed by atoms with E-state index in [0.717, 1.165) is 23.2 Å². The van der Waals surface area contributed by atoms with E-state index in [0.29, 0.717) is 6.42 Å². The molecule has 0 aliphatic carbocycles. The maximum atomic E-state index is 11.6. The molecule has 1 N–H and O–H groups in total. The first-order valence-corrected chi connectivity index (χ1v) is 4.81. The van der Waals surface area contributed by atoms with E-state index in [1.165, 1.54) is 4.90 Å². The Balaban J connectivity index is 2.38. The monoisotopic (exact) mass is 204 g/mol. The first-order chi connectivity index (χ1) is 7.26. The number of nitrogens with one attached hydrogen (secondary N) is 1. The number of anilines is 2. The molecule has 0 atom stereocenters. The van der Waals surface area contributed by atoms with Gasteiger partial charge in [0.15, 0.2) is 0 Å². The third-order valence-electron chi connectivity index (χ3n) is 2.56. The maximum absolute atomic E-state index is 11.6. The second-order valence-electron chi connectivity index (χ2n) is 3.44. The number of benzene rings is 1. The lowest BCUT2D eigenvalue weighted by atomic mass is 10.1. The molecule has 1 amide bonds. The van der Waals surface area contributed by atoms with Gasteiger partial charge in [0.2, 0.25) is 5.91 Å². The minimum atomic E-state index is -0.00893. The molecule has 4 heteroatoms. The maximum Gasteiger partial charge on any atom is 0.231 e. The van der Waals surface area contributed by atoms with Crippen LogP contribution >= 0.6 is 0 Å². The van der Waals surface area contributed by atoms with Crippen molar-refractivity contribution < 1.29 is 9.59 Å². The van der Waals surface area contributed by atoms with E-state index in [1.54, 1.807) is 0 Å². The number of hydrogen-bond acceptors (Lipinski definition) is 3. The predicted octanol–water partition coefficient (Wildman–Crippen LogP) is 0.816. The second-order valence-corrected chi connectivity index (χ2v) is 3.44.